The van der Waals surface area contributed by atoms with Gasteiger partial charge in [-0.25, -0.2) is 8.78 Å². The highest BCUT2D eigenvalue weighted by atomic mass is 32.1. The molecule has 0 bridgehead atoms. The van der Waals surface area contributed by atoms with Gasteiger partial charge in [0.1, 0.15) is 12.4 Å². The first-order valence-corrected chi connectivity index (χ1v) is 8.51. The van der Waals surface area contributed by atoms with Crippen LogP contribution in [0, 0.1) is 18.6 Å². The Kier molecular flexibility index (Phi) is 3.70. The van der Waals surface area contributed by atoms with E-state index < -0.39 is 5.82 Å². The first kappa shape index (κ1) is 14.8. The zero-order valence-electron chi connectivity index (χ0n) is 12.7. The number of hydrogen-bond donors (Lipinski definition) is 0. The maximum absolute atomic E-state index is 14.7. The Morgan fingerprint density at radius 3 is 2.61 bits per heavy atom. The van der Waals surface area contributed by atoms with Gasteiger partial charge in [0.15, 0.2) is 11.6 Å². The summed E-state index contributed by atoms with van der Waals surface area (Å²) in [5, 5.41) is 1.48. The maximum Gasteiger partial charge on any atom is 0.182 e. The summed E-state index contributed by atoms with van der Waals surface area (Å²) in [6.45, 7) is 2.80. The molecule has 1 atom stereocenters. The molecule has 1 aromatic heterocycles. The van der Waals surface area contributed by atoms with Crippen LogP contribution in [-0.4, -0.2) is 19.3 Å². The third kappa shape index (κ3) is 2.48. The van der Waals surface area contributed by atoms with Gasteiger partial charge in [-0.2, -0.15) is 0 Å². The molecule has 2 aromatic carbocycles. The van der Waals surface area contributed by atoms with Gasteiger partial charge < -0.3 is 9.47 Å². The zero-order valence-corrected chi connectivity index (χ0v) is 13.5. The molecule has 1 saturated heterocycles. The Labute approximate surface area is 136 Å². The van der Waals surface area contributed by atoms with Crippen LogP contribution in [0.1, 0.15) is 18.4 Å². The topological polar surface area (TPSA) is 18.5 Å². The van der Waals surface area contributed by atoms with E-state index in [1.807, 2.05) is 6.07 Å². The summed E-state index contributed by atoms with van der Waals surface area (Å²) >= 11 is 1.14. The average Bonchev–Trinajstić information content (AvgIpc) is 3.18. The highest BCUT2D eigenvalue weighted by molar-refractivity contribution is 7.25. The molecule has 1 aliphatic rings. The van der Waals surface area contributed by atoms with Gasteiger partial charge in [0.2, 0.25) is 0 Å². The van der Waals surface area contributed by atoms with Gasteiger partial charge >= 0.3 is 0 Å². The second kappa shape index (κ2) is 5.73. The van der Waals surface area contributed by atoms with Crippen molar-refractivity contribution in [3.8, 4) is 5.75 Å². The van der Waals surface area contributed by atoms with Crippen molar-refractivity contribution in [2.75, 3.05) is 13.2 Å². The predicted molar refractivity (Wildman–Crippen MR) is 88.5 cm³/mol. The number of fused-ring (bicyclic) bond motifs is 3. The molecule has 23 heavy (non-hydrogen) atoms. The Morgan fingerprint density at radius 1 is 1.13 bits per heavy atom. The fourth-order valence-electron chi connectivity index (χ4n) is 2.99. The monoisotopic (exact) mass is 334 g/mol. The summed E-state index contributed by atoms with van der Waals surface area (Å²) in [5.41, 5.74) is 0.569. The van der Waals surface area contributed by atoms with E-state index in [1.54, 1.807) is 25.1 Å². The van der Waals surface area contributed by atoms with E-state index in [2.05, 4.69) is 0 Å². The van der Waals surface area contributed by atoms with Crippen LogP contribution in [0.2, 0.25) is 0 Å². The molecule has 0 N–H and O–H groups in total. The Hall–Kier alpha value is -1.72. The first-order valence-electron chi connectivity index (χ1n) is 7.69. The maximum atomic E-state index is 14.7. The molecule has 0 spiro atoms. The highest BCUT2D eigenvalue weighted by Crippen LogP contribution is 2.40. The quantitative estimate of drug-likeness (QED) is 0.655. The smallest absolute Gasteiger partial charge is 0.182 e. The number of aryl methyl sites for hydroxylation is 1. The molecule has 2 heterocycles. The van der Waals surface area contributed by atoms with E-state index in [9.17, 15) is 8.78 Å². The van der Waals surface area contributed by atoms with Crippen LogP contribution in [0.3, 0.4) is 0 Å². The number of benzene rings is 2. The van der Waals surface area contributed by atoms with Crippen molar-refractivity contribution in [1.82, 2.24) is 0 Å². The van der Waals surface area contributed by atoms with E-state index in [4.69, 9.17) is 9.47 Å². The van der Waals surface area contributed by atoms with Crippen molar-refractivity contribution in [3.63, 3.8) is 0 Å². The van der Waals surface area contributed by atoms with Crippen molar-refractivity contribution >= 4 is 31.5 Å². The van der Waals surface area contributed by atoms with E-state index in [0.717, 1.165) is 41.6 Å². The van der Waals surface area contributed by atoms with Crippen molar-refractivity contribution in [1.29, 1.82) is 0 Å². The summed E-state index contributed by atoms with van der Waals surface area (Å²) in [7, 11) is 0. The molecule has 0 saturated carbocycles. The van der Waals surface area contributed by atoms with Crippen LogP contribution < -0.4 is 4.74 Å². The van der Waals surface area contributed by atoms with Crippen LogP contribution in [0.4, 0.5) is 8.78 Å². The number of thiophene rings is 1. The lowest BCUT2D eigenvalue weighted by atomic mass is 10.1. The third-order valence-electron chi connectivity index (χ3n) is 4.29. The minimum absolute atomic E-state index is 0.0348. The van der Waals surface area contributed by atoms with E-state index in [-0.39, 0.29) is 17.7 Å². The van der Waals surface area contributed by atoms with Crippen molar-refractivity contribution < 1.29 is 18.3 Å². The van der Waals surface area contributed by atoms with Crippen molar-refractivity contribution in [2.24, 2.45) is 0 Å². The van der Waals surface area contributed by atoms with Gasteiger partial charge in [0.25, 0.3) is 0 Å². The summed E-state index contributed by atoms with van der Waals surface area (Å²) in [5.74, 6) is -0.486. The lowest BCUT2D eigenvalue weighted by molar-refractivity contribution is 0.0667. The van der Waals surface area contributed by atoms with Gasteiger partial charge in [-0.05, 0) is 37.5 Å². The molecule has 0 radical (unpaired) electrons. The van der Waals surface area contributed by atoms with Gasteiger partial charge in [0, 0.05) is 17.4 Å². The molecule has 1 fully saturated rings. The Balaban J connectivity index is 1.75. The molecule has 120 valence electrons. The summed E-state index contributed by atoms with van der Waals surface area (Å²) in [6.07, 6.45) is 1.99. The van der Waals surface area contributed by atoms with Crippen molar-refractivity contribution in [3.05, 3.63) is 41.5 Å². The van der Waals surface area contributed by atoms with Crippen LogP contribution in [-0.2, 0) is 4.74 Å². The zero-order chi connectivity index (χ0) is 16.0. The normalized spacial score (nSPS) is 18.1. The molecule has 0 aliphatic carbocycles. The minimum Gasteiger partial charge on any atom is -0.488 e. The fraction of sp³-hybridized carbons (Fsp3) is 0.333. The van der Waals surface area contributed by atoms with Crippen LogP contribution in [0.25, 0.3) is 20.2 Å². The second-order valence-corrected chi connectivity index (χ2v) is 6.90. The molecule has 4 rings (SSSR count). The molecule has 3 aromatic rings. The SMILES string of the molecule is Cc1ccc2c(sc3c(F)c(OCC4CCCO4)ccc32)c1F. The number of rotatable bonds is 3. The summed E-state index contributed by atoms with van der Waals surface area (Å²) in [4.78, 5) is 0. The van der Waals surface area contributed by atoms with Crippen LogP contribution in [0.15, 0.2) is 24.3 Å². The molecular formula is C18H16F2O2S. The molecule has 5 heteroatoms. The number of halogens is 2. The summed E-state index contributed by atoms with van der Waals surface area (Å²) in [6, 6.07) is 7.00. The lowest BCUT2D eigenvalue weighted by Crippen LogP contribution is -2.16. The highest BCUT2D eigenvalue weighted by Gasteiger charge is 2.19. The van der Waals surface area contributed by atoms with Gasteiger partial charge in [-0.15, -0.1) is 11.3 Å². The van der Waals surface area contributed by atoms with E-state index in [0.29, 0.717) is 21.6 Å². The summed E-state index contributed by atoms with van der Waals surface area (Å²) < 4.78 is 41.0. The van der Waals surface area contributed by atoms with Crippen molar-refractivity contribution in [2.45, 2.75) is 25.9 Å². The Morgan fingerprint density at radius 2 is 1.87 bits per heavy atom. The average molecular weight is 334 g/mol. The minimum atomic E-state index is -0.418. The van der Waals surface area contributed by atoms with Gasteiger partial charge in [0.05, 0.1) is 15.5 Å². The van der Waals surface area contributed by atoms with Crippen LogP contribution >= 0.6 is 11.3 Å². The molecule has 0 amide bonds. The standard InChI is InChI=1S/C18H16F2O2S/c1-10-4-5-12-13-6-7-14(22-9-11-3-2-8-21-11)16(20)18(13)23-17(12)15(10)19/h4-7,11H,2-3,8-9H2,1H3. The van der Waals surface area contributed by atoms with Gasteiger partial charge in [-0.3, -0.25) is 0 Å². The predicted octanol–water partition coefficient (Wildman–Crippen LogP) is 5.20. The number of hydrogen-bond acceptors (Lipinski definition) is 3. The molecule has 1 aliphatic heterocycles. The first-order chi connectivity index (χ1) is 11.1. The largest absolute Gasteiger partial charge is 0.488 e. The third-order valence-corrected chi connectivity index (χ3v) is 5.50. The Bertz CT molecular complexity index is 882. The lowest BCUT2D eigenvalue weighted by Gasteiger charge is -2.12. The molecule has 1 unspecified atom stereocenters. The van der Waals surface area contributed by atoms with E-state index >= 15 is 0 Å². The number of ether oxygens (including phenoxy) is 2. The van der Waals surface area contributed by atoms with Gasteiger partial charge in [-0.1, -0.05) is 12.1 Å². The second-order valence-electron chi connectivity index (χ2n) is 5.88. The fourth-order valence-corrected chi connectivity index (χ4v) is 4.21. The molecule has 2 nitrogen and oxygen atoms in total. The van der Waals surface area contributed by atoms with Crippen LogP contribution in [0.5, 0.6) is 5.75 Å². The van der Waals surface area contributed by atoms with E-state index in [1.165, 1.54) is 0 Å². The molecular weight excluding hydrogens is 318 g/mol.